The first-order chi connectivity index (χ1) is 19.9. The zero-order valence-corrected chi connectivity index (χ0v) is 24.3. The summed E-state index contributed by atoms with van der Waals surface area (Å²) in [6.45, 7) is 8.23. The molecule has 1 fully saturated rings. The number of esters is 1. The van der Waals surface area contributed by atoms with E-state index in [0.717, 1.165) is 4.90 Å². The van der Waals surface area contributed by atoms with Crippen LogP contribution in [0.2, 0.25) is 0 Å². The van der Waals surface area contributed by atoms with Crippen molar-refractivity contribution in [1.82, 2.24) is 14.7 Å². The van der Waals surface area contributed by atoms with E-state index in [2.05, 4.69) is 16.2 Å². The van der Waals surface area contributed by atoms with Gasteiger partial charge in [-0.25, -0.2) is 14.0 Å². The van der Waals surface area contributed by atoms with Gasteiger partial charge in [-0.3, -0.25) is 4.90 Å². The number of piperazine rings is 1. The molecule has 1 aliphatic heterocycles. The maximum absolute atomic E-state index is 13.9. The highest BCUT2D eigenvalue weighted by atomic mass is 19.4. The summed E-state index contributed by atoms with van der Waals surface area (Å²) in [5.74, 6) is -0.973. The smallest absolute Gasteiger partial charge is 0.416 e. The SMILES string of the molecule is C=C(CCCN1CCN(C(=O)N(C)[C@H](C)c2cc(C(F)(F)F)cc(C(F)(F)F)c2)[C@@H](c2ccc(F)cc2C)C1)C(=O)OC. The van der Waals surface area contributed by atoms with Crippen LogP contribution in [0.4, 0.5) is 35.5 Å². The number of benzene rings is 2. The van der Waals surface area contributed by atoms with Gasteiger partial charge in [0.25, 0.3) is 0 Å². The lowest BCUT2D eigenvalue weighted by molar-refractivity contribution is -0.143. The summed E-state index contributed by atoms with van der Waals surface area (Å²) >= 11 is 0. The third-order valence-corrected chi connectivity index (χ3v) is 7.70. The number of nitrogens with zero attached hydrogens (tertiary/aromatic N) is 3. The summed E-state index contributed by atoms with van der Waals surface area (Å²) in [7, 11) is 2.58. The van der Waals surface area contributed by atoms with Crippen molar-refractivity contribution in [3.8, 4) is 0 Å². The van der Waals surface area contributed by atoms with Crippen molar-refractivity contribution in [2.75, 3.05) is 40.3 Å². The fourth-order valence-corrected chi connectivity index (χ4v) is 5.13. The highest BCUT2D eigenvalue weighted by Gasteiger charge is 2.39. The summed E-state index contributed by atoms with van der Waals surface area (Å²) in [5.41, 5.74) is -1.70. The van der Waals surface area contributed by atoms with Crippen molar-refractivity contribution in [2.24, 2.45) is 0 Å². The van der Waals surface area contributed by atoms with E-state index in [-0.39, 0.29) is 18.2 Å². The Kier molecular flexibility index (Phi) is 10.5. The maximum Gasteiger partial charge on any atom is 0.416 e. The maximum atomic E-state index is 13.9. The Morgan fingerprint density at radius 3 is 2.19 bits per heavy atom. The van der Waals surface area contributed by atoms with Gasteiger partial charge in [0.15, 0.2) is 0 Å². The highest BCUT2D eigenvalue weighted by Crippen LogP contribution is 2.39. The molecule has 6 nitrogen and oxygen atoms in total. The molecule has 0 N–H and O–H groups in total. The van der Waals surface area contributed by atoms with Gasteiger partial charge in [-0.1, -0.05) is 12.6 Å². The van der Waals surface area contributed by atoms with Gasteiger partial charge in [0.05, 0.1) is 30.3 Å². The van der Waals surface area contributed by atoms with E-state index < -0.39 is 53.4 Å². The molecule has 43 heavy (non-hydrogen) atoms. The predicted octanol–water partition coefficient (Wildman–Crippen LogP) is 7.15. The number of alkyl halides is 6. The summed E-state index contributed by atoms with van der Waals surface area (Å²) in [6.07, 6.45) is -9.08. The molecule has 0 unspecified atom stereocenters. The number of methoxy groups -OCH3 is 1. The van der Waals surface area contributed by atoms with Crippen LogP contribution in [0.5, 0.6) is 0 Å². The first kappa shape index (κ1) is 33.9. The van der Waals surface area contributed by atoms with Crippen molar-refractivity contribution in [2.45, 2.75) is 51.1 Å². The monoisotopic (exact) mass is 617 g/mol. The van der Waals surface area contributed by atoms with Crippen LogP contribution in [0.25, 0.3) is 0 Å². The second-order valence-electron chi connectivity index (χ2n) is 10.6. The molecule has 0 aromatic heterocycles. The van der Waals surface area contributed by atoms with Crippen LogP contribution < -0.4 is 0 Å². The molecular weight excluding hydrogens is 583 g/mol. The molecule has 0 aliphatic carbocycles. The molecule has 0 radical (unpaired) electrons. The molecule has 0 spiro atoms. The zero-order valence-electron chi connectivity index (χ0n) is 24.3. The molecule has 3 rings (SSSR count). The van der Waals surface area contributed by atoms with E-state index in [0.29, 0.717) is 61.3 Å². The Morgan fingerprint density at radius 1 is 1.05 bits per heavy atom. The Bertz CT molecular complexity index is 1310. The van der Waals surface area contributed by atoms with Gasteiger partial charge >= 0.3 is 24.4 Å². The second kappa shape index (κ2) is 13.4. The number of urea groups is 1. The van der Waals surface area contributed by atoms with Crippen LogP contribution in [0.15, 0.2) is 48.6 Å². The largest absolute Gasteiger partial charge is 0.466 e. The topological polar surface area (TPSA) is 53.1 Å². The van der Waals surface area contributed by atoms with Crippen LogP contribution in [-0.2, 0) is 21.9 Å². The Balaban J connectivity index is 1.88. The van der Waals surface area contributed by atoms with Crippen molar-refractivity contribution < 1.29 is 45.1 Å². The fourth-order valence-electron chi connectivity index (χ4n) is 5.13. The van der Waals surface area contributed by atoms with Gasteiger partial charge < -0.3 is 14.5 Å². The number of carbonyl (C=O) groups excluding carboxylic acids is 2. The van der Waals surface area contributed by atoms with E-state index in [4.69, 9.17) is 0 Å². The first-order valence-electron chi connectivity index (χ1n) is 13.5. The number of carbonyl (C=O) groups is 2. The molecule has 2 amide bonds. The summed E-state index contributed by atoms with van der Waals surface area (Å²) in [6, 6.07) is 3.08. The van der Waals surface area contributed by atoms with Gasteiger partial charge in [0, 0.05) is 32.3 Å². The summed E-state index contributed by atoms with van der Waals surface area (Å²) in [5, 5.41) is 0. The molecule has 0 saturated carbocycles. The lowest BCUT2D eigenvalue weighted by Crippen LogP contribution is -2.54. The molecule has 2 atom stereocenters. The standard InChI is InChI=1S/C30H34F7N3O3/c1-18(27(41)43-5)7-6-10-39-11-12-40(26(17-39)25-9-8-24(31)13-19(25)2)28(42)38(4)20(3)21-14-22(29(32,33)34)16-23(15-21)30(35,36)37/h8-9,13-16,20,26H,1,6-7,10-12,17H2,2-5H3/t20-,26-/m1/s1. The Labute approximate surface area is 245 Å². The first-order valence-corrected chi connectivity index (χ1v) is 13.5. The van der Waals surface area contributed by atoms with Crippen LogP contribution in [0, 0.1) is 12.7 Å². The average Bonchev–Trinajstić information content (AvgIpc) is 2.94. The predicted molar refractivity (Wildman–Crippen MR) is 145 cm³/mol. The number of hydrogen-bond acceptors (Lipinski definition) is 4. The average molecular weight is 618 g/mol. The molecule has 13 heteroatoms. The molecule has 236 valence electrons. The third-order valence-electron chi connectivity index (χ3n) is 7.70. The Morgan fingerprint density at radius 2 is 1.65 bits per heavy atom. The number of amides is 2. The lowest BCUT2D eigenvalue weighted by atomic mass is 9.97. The minimum absolute atomic E-state index is 0.0467. The van der Waals surface area contributed by atoms with Gasteiger partial charge in [0.1, 0.15) is 5.82 Å². The van der Waals surface area contributed by atoms with Crippen molar-refractivity contribution >= 4 is 12.0 Å². The molecule has 0 bridgehead atoms. The van der Waals surface area contributed by atoms with E-state index in [1.807, 2.05) is 0 Å². The molecular formula is C30H34F7N3O3. The normalized spacial score (nSPS) is 17.0. The van der Waals surface area contributed by atoms with Crippen molar-refractivity contribution in [3.05, 3.63) is 82.2 Å². The molecule has 2 aromatic carbocycles. The Hall–Kier alpha value is -3.61. The third kappa shape index (κ3) is 8.27. The second-order valence-corrected chi connectivity index (χ2v) is 10.6. The summed E-state index contributed by atoms with van der Waals surface area (Å²) in [4.78, 5) is 30.1. The van der Waals surface area contributed by atoms with Gasteiger partial charge in [-0.2, -0.15) is 26.3 Å². The minimum Gasteiger partial charge on any atom is -0.466 e. The van der Waals surface area contributed by atoms with E-state index in [1.54, 1.807) is 13.0 Å². The van der Waals surface area contributed by atoms with Gasteiger partial charge in [-0.05, 0) is 80.3 Å². The van der Waals surface area contributed by atoms with Gasteiger partial charge in [0.2, 0.25) is 0 Å². The molecule has 1 aliphatic rings. The van der Waals surface area contributed by atoms with Crippen molar-refractivity contribution in [1.29, 1.82) is 0 Å². The molecule has 1 saturated heterocycles. The van der Waals surface area contributed by atoms with E-state index in [9.17, 15) is 40.3 Å². The highest BCUT2D eigenvalue weighted by molar-refractivity contribution is 5.87. The van der Waals surface area contributed by atoms with Crippen LogP contribution in [0.3, 0.4) is 0 Å². The van der Waals surface area contributed by atoms with E-state index >= 15 is 0 Å². The van der Waals surface area contributed by atoms with Gasteiger partial charge in [-0.15, -0.1) is 0 Å². The molecule has 2 aromatic rings. The zero-order chi connectivity index (χ0) is 32.3. The number of aryl methyl sites for hydroxylation is 1. The quantitative estimate of drug-likeness (QED) is 0.179. The number of rotatable bonds is 8. The van der Waals surface area contributed by atoms with Crippen LogP contribution >= 0.6 is 0 Å². The summed E-state index contributed by atoms with van der Waals surface area (Å²) < 4.78 is 99.4. The number of hydrogen-bond donors (Lipinski definition) is 0. The van der Waals surface area contributed by atoms with Crippen molar-refractivity contribution in [3.63, 3.8) is 0 Å². The van der Waals surface area contributed by atoms with E-state index in [1.165, 1.54) is 38.1 Å². The molecule has 1 heterocycles. The lowest BCUT2D eigenvalue weighted by Gasteiger charge is -2.44. The minimum atomic E-state index is -5.02. The van der Waals surface area contributed by atoms with Crippen LogP contribution in [0.1, 0.15) is 59.7 Å². The fraction of sp³-hybridized carbons (Fsp3) is 0.467. The number of ether oxygens (including phenoxy) is 1. The number of halogens is 7. The van der Waals surface area contributed by atoms with Crippen LogP contribution in [-0.4, -0.2) is 67.0 Å².